The van der Waals surface area contributed by atoms with Gasteiger partial charge < -0.3 is 10.1 Å². The molecule has 1 aliphatic heterocycles. The lowest BCUT2D eigenvalue weighted by Gasteiger charge is -2.23. The molecule has 2 nitrogen and oxygen atoms in total. The first-order valence-corrected chi connectivity index (χ1v) is 5.77. The summed E-state index contributed by atoms with van der Waals surface area (Å²) in [5.74, 6) is 0. The Balaban J connectivity index is 1.95. The number of aryl methyl sites for hydroxylation is 1. The first kappa shape index (κ1) is 10.0. The summed E-state index contributed by atoms with van der Waals surface area (Å²) in [5.41, 5.74) is 1.31. The van der Waals surface area contributed by atoms with Gasteiger partial charge in [-0.2, -0.15) is 0 Å². The van der Waals surface area contributed by atoms with E-state index < -0.39 is 0 Å². The molecule has 1 saturated heterocycles. The molecule has 2 rings (SSSR count). The summed E-state index contributed by atoms with van der Waals surface area (Å²) in [6.45, 7) is 4.72. The smallest absolute Gasteiger partial charge is 0.0817 e. The van der Waals surface area contributed by atoms with Crippen molar-refractivity contribution in [2.24, 2.45) is 0 Å². The van der Waals surface area contributed by atoms with Crippen molar-refractivity contribution in [2.45, 2.75) is 17.2 Å². The van der Waals surface area contributed by atoms with Gasteiger partial charge in [-0.3, -0.25) is 0 Å². The first-order chi connectivity index (χ1) is 6.84. The highest BCUT2D eigenvalue weighted by molar-refractivity contribution is 8.00. The van der Waals surface area contributed by atoms with Crippen LogP contribution in [0, 0.1) is 6.92 Å². The standard InChI is InChI=1S/C11H15NOS/c1-9-3-2-4-10(7-9)14-11-8-13-6-5-12-11/h2-4,7,11-12H,5-6,8H2,1H3. The summed E-state index contributed by atoms with van der Waals surface area (Å²) in [7, 11) is 0. The molecule has 1 aromatic carbocycles. The average Bonchev–Trinajstić information content (AvgIpc) is 2.19. The molecule has 1 N–H and O–H groups in total. The molecular formula is C11H15NOS. The van der Waals surface area contributed by atoms with Crippen LogP contribution in [0.25, 0.3) is 0 Å². The van der Waals surface area contributed by atoms with Crippen LogP contribution in [-0.4, -0.2) is 25.1 Å². The SMILES string of the molecule is Cc1cccc(SC2COCCN2)c1. The van der Waals surface area contributed by atoms with E-state index in [1.54, 1.807) is 0 Å². The van der Waals surface area contributed by atoms with Crippen LogP contribution < -0.4 is 5.32 Å². The predicted octanol–water partition coefficient (Wildman–Crippen LogP) is 2.03. The third kappa shape index (κ3) is 2.74. The normalized spacial score (nSPS) is 22.2. The van der Waals surface area contributed by atoms with E-state index in [-0.39, 0.29) is 0 Å². The van der Waals surface area contributed by atoms with Gasteiger partial charge in [0.1, 0.15) is 0 Å². The second-order valence-corrected chi connectivity index (χ2v) is 4.73. The Labute approximate surface area is 89.0 Å². The second kappa shape index (κ2) is 4.82. The molecule has 1 heterocycles. The summed E-state index contributed by atoms with van der Waals surface area (Å²) >= 11 is 1.84. The Kier molecular flexibility index (Phi) is 3.45. The van der Waals surface area contributed by atoms with Crippen molar-refractivity contribution in [2.75, 3.05) is 19.8 Å². The fourth-order valence-electron chi connectivity index (χ4n) is 1.47. The van der Waals surface area contributed by atoms with Crippen LogP contribution >= 0.6 is 11.8 Å². The van der Waals surface area contributed by atoms with Crippen LogP contribution in [0.2, 0.25) is 0 Å². The largest absolute Gasteiger partial charge is 0.378 e. The van der Waals surface area contributed by atoms with Gasteiger partial charge in [-0.15, -0.1) is 11.8 Å². The van der Waals surface area contributed by atoms with Gasteiger partial charge in [0.15, 0.2) is 0 Å². The Morgan fingerprint density at radius 3 is 3.14 bits per heavy atom. The molecule has 76 valence electrons. The van der Waals surface area contributed by atoms with Gasteiger partial charge in [0.2, 0.25) is 0 Å². The highest BCUT2D eigenvalue weighted by Gasteiger charge is 2.13. The van der Waals surface area contributed by atoms with Gasteiger partial charge in [0.25, 0.3) is 0 Å². The molecule has 0 bridgehead atoms. The summed E-state index contributed by atoms with van der Waals surface area (Å²) < 4.78 is 5.40. The number of ether oxygens (including phenoxy) is 1. The molecule has 0 spiro atoms. The summed E-state index contributed by atoms with van der Waals surface area (Å²) in [4.78, 5) is 1.31. The lowest BCUT2D eigenvalue weighted by molar-refractivity contribution is 0.100. The third-order valence-corrected chi connectivity index (χ3v) is 3.27. The molecule has 3 heteroatoms. The molecule has 1 aliphatic rings. The fraction of sp³-hybridized carbons (Fsp3) is 0.455. The Morgan fingerprint density at radius 1 is 1.50 bits per heavy atom. The topological polar surface area (TPSA) is 21.3 Å². The average molecular weight is 209 g/mol. The number of benzene rings is 1. The summed E-state index contributed by atoms with van der Waals surface area (Å²) in [6.07, 6.45) is 0. The Hall–Kier alpha value is -0.510. The summed E-state index contributed by atoms with van der Waals surface area (Å²) in [6, 6.07) is 8.57. The van der Waals surface area contributed by atoms with Crippen molar-refractivity contribution >= 4 is 11.8 Å². The van der Waals surface area contributed by atoms with Crippen LogP contribution in [0.1, 0.15) is 5.56 Å². The minimum Gasteiger partial charge on any atom is -0.378 e. The number of hydrogen-bond donors (Lipinski definition) is 1. The number of rotatable bonds is 2. The minimum absolute atomic E-state index is 0.408. The predicted molar refractivity (Wildman–Crippen MR) is 59.6 cm³/mol. The number of nitrogens with one attached hydrogen (secondary N) is 1. The van der Waals surface area contributed by atoms with Gasteiger partial charge >= 0.3 is 0 Å². The van der Waals surface area contributed by atoms with E-state index in [2.05, 4.69) is 36.5 Å². The van der Waals surface area contributed by atoms with Crippen molar-refractivity contribution in [3.63, 3.8) is 0 Å². The second-order valence-electron chi connectivity index (χ2n) is 3.45. The monoisotopic (exact) mass is 209 g/mol. The fourth-order valence-corrected chi connectivity index (χ4v) is 2.58. The van der Waals surface area contributed by atoms with Crippen molar-refractivity contribution in [3.8, 4) is 0 Å². The summed E-state index contributed by atoms with van der Waals surface area (Å²) in [5, 5.41) is 3.83. The van der Waals surface area contributed by atoms with Crippen molar-refractivity contribution in [1.29, 1.82) is 0 Å². The van der Waals surface area contributed by atoms with E-state index in [4.69, 9.17) is 4.74 Å². The number of morpholine rings is 1. The zero-order valence-electron chi connectivity index (χ0n) is 8.32. The molecule has 0 saturated carbocycles. The van der Waals surface area contributed by atoms with Crippen molar-refractivity contribution in [3.05, 3.63) is 29.8 Å². The highest BCUT2D eigenvalue weighted by Crippen LogP contribution is 2.23. The molecule has 0 amide bonds. The van der Waals surface area contributed by atoms with Gasteiger partial charge in [-0.25, -0.2) is 0 Å². The molecule has 14 heavy (non-hydrogen) atoms. The van der Waals surface area contributed by atoms with Crippen molar-refractivity contribution < 1.29 is 4.74 Å². The van der Waals surface area contributed by atoms with Gasteiger partial charge in [0.05, 0.1) is 18.6 Å². The molecule has 1 unspecified atom stereocenters. The van der Waals surface area contributed by atoms with Crippen LogP contribution in [-0.2, 0) is 4.74 Å². The molecule has 0 aromatic heterocycles. The van der Waals surface area contributed by atoms with E-state index in [9.17, 15) is 0 Å². The van der Waals surface area contributed by atoms with E-state index >= 15 is 0 Å². The van der Waals surface area contributed by atoms with Crippen molar-refractivity contribution in [1.82, 2.24) is 5.32 Å². The molecule has 0 radical (unpaired) electrons. The quantitative estimate of drug-likeness (QED) is 0.805. The number of hydrogen-bond acceptors (Lipinski definition) is 3. The highest BCUT2D eigenvalue weighted by atomic mass is 32.2. The molecule has 1 aromatic rings. The lowest BCUT2D eigenvalue weighted by atomic mass is 10.2. The van der Waals surface area contributed by atoms with Gasteiger partial charge in [-0.1, -0.05) is 17.7 Å². The molecule has 1 atom stereocenters. The maximum absolute atomic E-state index is 5.40. The lowest BCUT2D eigenvalue weighted by Crippen LogP contribution is -2.38. The van der Waals surface area contributed by atoms with Gasteiger partial charge in [0, 0.05) is 11.4 Å². The van der Waals surface area contributed by atoms with Crippen LogP contribution in [0.3, 0.4) is 0 Å². The van der Waals surface area contributed by atoms with E-state index in [1.165, 1.54) is 10.5 Å². The first-order valence-electron chi connectivity index (χ1n) is 4.89. The zero-order valence-corrected chi connectivity index (χ0v) is 9.14. The molecule has 0 aliphatic carbocycles. The van der Waals surface area contributed by atoms with Crippen LogP contribution in [0.15, 0.2) is 29.2 Å². The minimum atomic E-state index is 0.408. The zero-order chi connectivity index (χ0) is 9.80. The van der Waals surface area contributed by atoms with E-state index in [0.29, 0.717) is 5.37 Å². The Morgan fingerprint density at radius 2 is 2.43 bits per heavy atom. The number of thioether (sulfide) groups is 1. The third-order valence-electron chi connectivity index (χ3n) is 2.16. The Bertz CT molecular complexity index is 297. The maximum atomic E-state index is 5.40. The van der Waals surface area contributed by atoms with Crippen LogP contribution in [0.5, 0.6) is 0 Å². The maximum Gasteiger partial charge on any atom is 0.0817 e. The molecular weight excluding hydrogens is 194 g/mol. The van der Waals surface area contributed by atoms with E-state index in [1.807, 2.05) is 11.8 Å². The van der Waals surface area contributed by atoms with E-state index in [0.717, 1.165) is 19.8 Å². The molecule has 1 fully saturated rings. The van der Waals surface area contributed by atoms with Gasteiger partial charge in [-0.05, 0) is 19.1 Å². The van der Waals surface area contributed by atoms with Crippen LogP contribution in [0.4, 0.5) is 0 Å².